The zero-order valence-electron chi connectivity index (χ0n) is 11.1. The number of aryl methyl sites for hydroxylation is 1. The van der Waals surface area contributed by atoms with Gasteiger partial charge in [0.1, 0.15) is 5.52 Å². The molecule has 4 heteroatoms. The first-order valence-corrected chi connectivity index (χ1v) is 6.40. The summed E-state index contributed by atoms with van der Waals surface area (Å²) in [5.74, 6) is -0.0434. The minimum absolute atomic E-state index is 0.0434. The van der Waals surface area contributed by atoms with E-state index in [0.29, 0.717) is 12.0 Å². The van der Waals surface area contributed by atoms with Crippen LogP contribution >= 0.6 is 0 Å². The van der Waals surface area contributed by atoms with Crippen molar-refractivity contribution in [1.82, 2.24) is 4.98 Å². The van der Waals surface area contributed by atoms with Gasteiger partial charge in [-0.1, -0.05) is 24.3 Å². The van der Waals surface area contributed by atoms with Gasteiger partial charge in [0.15, 0.2) is 12.0 Å². The van der Waals surface area contributed by atoms with Crippen LogP contribution in [-0.2, 0) is 11.2 Å². The number of nitrogens with one attached hydrogen (secondary N) is 1. The van der Waals surface area contributed by atoms with Crippen molar-refractivity contribution in [2.24, 2.45) is 0 Å². The molecule has 1 heterocycles. The minimum Gasteiger partial charge on any atom is -0.443 e. The fourth-order valence-corrected chi connectivity index (χ4v) is 2.10. The van der Waals surface area contributed by atoms with Gasteiger partial charge in [0, 0.05) is 5.69 Å². The van der Waals surface area contributed by atoms with E-state index in [1.807, 2.05) is 49.4 Å². The van der Waals surface area contributed by atoms with Gasteiger partial charge in [-0.3, -0.25) is 4.79 Å². The molecule has 100 valence electrons. The fraction of sp³-hybridized carbons (Fsp3) is 0.125. The molecule has 1 amide bonds. The van der Waals surface area contributed by atoms with Gasteiger partial charge in [-0.2, -0.15) is 0 Å². The molecule has 0 radical (unpaired) electrons. The summed E-state index contributed by atoms with van der Waals surface area (Å²) >= 11 is 0. The van der Waals surface area contributed by atoms with E-state index in [2.05, 4.69) is 10.3 Å². The highest BCUT2D eigenvalue weighted by atomic mass is 16.3. The van der Waals surface area contributed by atoms with Crippen molar-refractivity contribution in [3.8, 4) is 0 Å². The molecular weight excluding hydrogens is 252 g/mol. The molecule has 0 saturated carbocycles. The lowest BCUT2D eigenvalue weighted by Crippen LogP contribution is -2.15. The summed E-state index contributed by atoms with van der Waals surface area (Å²) in [5.41, 5.74) is 4.30. The van der Waals surface area contributed by atoms with Crippen LogP contribution in [0.25, 0.3) is 11.1 Å². The first-order valence-electron chi connectivity index (χ1n) is 6.40. The number of benzene rings is 2. The van der Waals surface area contributed by atoms with Gasteiger partial charge in [0.25, 0.3) is 0 Å². The molecule has 2 aromatic carbocycles. The molecule has 0 unspecified atom stereocenters. The molecule has 0 aliphatic heterocycles. The van der Waals surface area contributed by atoms with Crippen molar-refractivity contribution in [2.45, 2.75) is 13.3 Å². The number of carbonyl (C=O) groups is 1. The predicted molar refractivity (Wildman–Crippen MR) is 77.5 cm³/mol. The minimum atomic E-state index is -0.0434. The molecule has 0 saturated heterocycles. The molecule has 20 heavy (non-hydrogen) atoms. The van der Waals surface area contributed by atoms with E-state index in [0.717, 1.165) is 22.3 Å². The Hall–Kier alpha value is -2.62. The molecule has 0 bridgehead atoms. The smallest absolute Gasteiger partial charge is 0.228 e. The topological polar surface area (TPSA) is 55.1 Å². The van der Waals surface area contributed by atoms with E-state index in [1.165, 1.54) is 6.39 Å². The van der Waals surface area contributed by atoms with E-state index in [9.17, 15) is 4.79 Å². The Morgan fingerprint density at radius 2 is 2.10 bits per heavy atom. The number of para-hydroxylation sites is 1. The average Bonchev–Trinajstić information content (AvgIpc) is 2.89. The van der Waals surface area contributed by atoms with Gasteiger partial charge in [0.05, 0.1) is 6.42 Å². The number of oxazole rings is 1. The van der Waals surface area contributed by atoms with E-state index in [1.54, 1.807) is 0 Å². The zero-order chi connectivity index (χ0) is 13.9. The summed E-state index contributed by atoms with van der Waals surface area (Å²) in [6.45, 7) is 1.97. The van der Waals surface area contributed by atoms with Crippen LogP contribution in [0.15, 0.2) is 53.3 Å². The summed E-state index contributed by atoms with van der Waals surface area (Å²) in [7, 11) is 0. The quantitative estimate of drug-likeness (QED) is 0.791. The van der Waals surface area contributed by atoms with E-state index < -0.39 is 0 Å². The maximum atomic E-state index is 12.1. The second-order valence-electron chi connectivity index (χ2n) is 4.69. The highest BCUT2D eigenvalue weighted by Gasteiger charge is 2.07. The summed E-state index contributed by atoms with van der Waals surface area (Å²) < 4.78 is 5.23. The van der Waals surface area contributed by atoms with Crippen LogP contribution in [0.4, 0.5) is 5.69 Å². The molecule has 0 aliphatic carbocycles. The maximum Gasteiger partial charge on any atom is 0.228 e. The highest BCUT2D eigenvalue weighted by molar-refractivity contribution is 5.93. The SMILES string of the molecule is Cc1ccccc1NC(=O)Cc1ccc2ncoc2c1. The molecule has 0 aliphatic rings. The van der Waals surface area contributed by atoms with Gasteiger partial charge < -0.3 is 9.73 Å². The van der Waals surface area contributed by atoms with Crippen LogP contribution in [0.2, 0.25) is 0 Å². The number of amides is 1. The van der Waals surface area contributed by atoms with Gasteiger partial charge in [-0.05, 0) is 36.2 Å². The maximum absolute atomic E-state index is 12.1. The zero-order valence-corrected chi connectivity index (χ0v) is 11.1. The van der Waals surface area contributed by atoms with E-state index in [-0.39, 0.29) is 5.91 Å². The van der Waals surface area contributed by atoms with E-state index >= 15 is 0 Å². The van der Waals surface area contributed by atoms with Crippen LogP contribution in [0.1, 0.15) is 11.1 Å². The second-order valence-corrected chi connectivity index (χ2v) is 4.69. The molecule has 0 atom stereocenters. The number of hydrogen-bond acceptors (Lipinski definition) is 3. The van der Waals surface area contributed by atoms with Gasteiger partial charge in [0.2, 0.25) is 5.91 Å². The number of anilines is 1. The lowest BCUT2D eigenvalue weighted by atomic mass is 10.1. The lowest BCUT2D eigenvalue weighted by Gasteiger charge is -2.07. The number of aromatic nitrogens is 1. The Balaban J connectivity index is 1.74. The number of rotatable bonds is 3. The highest BCUT2D eigenvalue weighted by Crippen LogP contribution is 2.16. The standard InChI is InChI=1S/C16H14N2O2/c1-11-4-2-3-5-13(11)18-16(19)9-12-6-7-14-15(8-12)20-10-17-14/h2-8,10H,9H2,1H3,(H,18,19). The van der Waals surface area contributed by atoms with Crippen LogP contribution in [-0.4, -0.2) is 10.9 Å². The van der Waals surface area contributed by atoms with Gasteiger partial charge in [-0.15, -0.1) is 0 Å². The van der Waals surface area contributed by atoms with Crippen LogP contribution in [0.3, 0.4) is 0 Å². The first-order chi connectivity index (χ1) is 9.72. The third kappa shape index (κ3) is 2.54. The van der Waals surface area contributed by atoms with Crippen molar-refractivity contribution < 1.29 is 9.21 Å². The third-order valence-corrected chi connectivity index (χ3v) is 3.18. The largest absolute Gasteiger partial charge is 0.443 e. The molecule has 4 nitrogen and oxygen atoms in total. The Bertz CT molecular complexity index is 762. The molecule has 0 fully saturated rings. The number of nitrogens with zero attached hydrogens (tertiary/aromatic N) is 1. The Kier molecular flexibility index (Phi) is 3.21. The fourth-order valence-electron chi connectivity index (χ4n) is 2.10. The molecule has 1 N–H and O–H groups in total. The van der Waals surface area contributed by atoms with Crippen LogP contribution in [0.5, 0.6) is 0 Å². The summed E-state index contributed by atoms with van der Waals surface area (Å²) in [4.78, 5) is 16.1. The van der Waals surface area contributed by atoms with Crippen molar-refractivity contribution in [3.63, 3.8) is 0 Å². The van der Waals surface area contributed by atoms with Crippen molar-refractivity contribution >= 4 is 22.7 Å². The third-order valence-electron chi connectivity index (χ3n) is 3.18. The number of carbonyl (C=O) groups excluding carboxylic acids is 1. The summed E-state index contributed by atoms with van der Waals surface area (Å²) in [6, 6.07) is 13.3. The molecule has 1 aromatic heterocycles. The van der Waals surface area contributed by atoms with Crippen LogP contribution in [0, 0.1) is 6.92 Å². The summed E-state index contributed by atoms with van der Waals surface area (Å²) in [5, 5.41) is 2.92. The van der Waals surface area contributed by atoms with E-state index in [4.69, 9.17) is 4.42 Å². The number of hydrogen-bond donors (Lipinski definition) is 1. The normalized spacial score (nSPS) is 10.7. The molecule has 3 rings (SSSR count). The molecule has 0 spiro atoms. The second kappa shape index (κ2) is 5.17. The Morgan fingerprint density at radius 1 is 1.25 bits per heavy atom. The number of fused-ring (bicyclic) bond motifs is 1. The Labute approximate surface area is 116 Å². The predicted octanol–water partition coefficient (Wildman–Crippen LogP) is 3.32. The van der Waals surface area contributed by atoms with Crippen LogP contribution < -0.4 is 5.32 Å². The van der Waals surface area contributed by atoms with Crippen molar-refractivity contribution in [3.05, 3.63) is 60.0 Å². The van der Waals surface area contributed by atoms with Crippen molar-refractivity contribution in [2.75, 3.05) is 5.32 Å². The Morgan fingerprint density at radius 3 is 2.95 bits per heavy atom. The summed E-state index contributed by atoms with van der Waals surface area (Å²) in [6.07, 6.45) is 1.72. The molecule has 3 aromatic rings. The van der Waals surface area contributed by atoms with Gasteiger partial charge in [-0.25, -0.2) is 4.98 Å². The molecular formula is C16H14N2O2. The van der Waals surface area contributed by atoms with Crippen molar-refractivity contribution in [1.29, 1.82) is 0 Å². The monoisotopic (exact) mass is 266 g/mol. The lowest BCUT2D eigenvalue weighted by molar-refractivity contribution is -0.115. The van der Waals surface area contributed by atoms with Gasteiger partial charge >= 0.3 is 0 Å². The average molecular weight is 266 g/mol. The first kappa shape index (κ1) is 12.4.